The first-order valence-corrected chi connectivity index (χ1v) is 9.33. The van der Waals surface area contributed by atoms with Crippen LogP contribution in [-0.2, 0) is 22.7 Å². The highest BCUT2D eigenvalue weighted by molar-refractivity contribution is 6.05. The summed E-state index contributed by atoms with van der Waals surface area (Å²) in [4.78, 5) is 37.9. The number of benzene rings is 2. The molecule has 1 saturated heterocycles. The van der Waals surface area contributed by atoms with E-state index in [4.69, 9.17) is 4.74 Å². The molecule has 0 radical (unpaired) electrons. The van der Waals surface area contributed by atoms with E-state index in [0.717, 1.165) is 5.69 Å². The molecule has 0 unspecified atom stereocenters. The monoisotopic (exact) mass is 397 g/mol. The number of nitrogens with one attached hydrogen (secondary N) is 2. The molecule has 0 bridgehead atoms. The van der Waals surface area contributed by atoms with Gasteiger partial charge in [0.15, 0.2) is 0 Å². The van der Waals surface area contributed by atoms with Crippen LogP contribution in [0, 0.1) is 5.82 Å². The number of carbonyl (C=O) groups is 3. The van der Waals surface area contributed by atoms with Gasteiger partial charge in [-0.1, -0.05) is 6.07 Å². The summed E-state index contributed by atoms with van der Waals surface area (Å²) < 4.78 is 19.9. The maximum atomic E-state index is 14.1. The number of nitrogens with zero attached hydrogens (tertiary/aromatic N) is 1. The Morgan fingerprint density at radius 2 is 2.07 bits per heavy atom. The zero-order chi connectivity index (χ0) is 20.5. The van der Waals surface area contributed by atoms with Gasteiger partial charge in [0.1, 0.15) is 24.2 Å². The molecule has 4 rings (SSSR count). The van der Waals surface area contributed by atoms with Crippen LogP contribution in [0.2, 0.25) is 0 Å². The van der Waals surface area contributed by atoms with E-state index in [1.165, 1.54) is 11.0 Å². The van der Waals surface area contributed by atoms with Gasteiger partial charge in [-0.2, -0.15) is 0 Å². The van der Waals surface area contributed by atoms with E-state index in [-0.39, 0.29) is 37.2 Å². The Kier molecular flexibility index (Phi) is 4.92. The zero-order valence-electron chi connectivity index (χ0n) is 15.8. The number of imide groups is 1. The van der Waals surface area contributed by atoms with Gasteiger partial charge >= 0.3 is 0 Å². The molecule has 1 fully saturated rings. The molecule has 2 aromatic rings. The summed E-state index contributed by atoms with van der Waals surface area (Å²) >= 11 is 0. The second kappa shape index (κ2) is 7.54. The fourth-order valence-corrected chi connectivity index (χ4v) is 3.69. The summed E-state index contributed by atoms with van der Waals surface area (Å²) in [6.07, 6.45) is 0.490. The van der Waals surface area contributed by atoms with E-state index >= 15 is 0 Å². The molecular formula is C21H20FN3O4. The highest BCUT2D eigenvalue weighted by Gasteiger charge is 2.40. The molecule has 0 saturated carbocycles. The lowest BCUT2D eigenvalue weighted by Crippen LogP contribution is -2.52. The van der Waals surface area contributed by atoms with Gasteiger partial charge in [-0.3, -0.25) is 19.7 Å². The largest absolute Gasteiger partial charge is 0.488 e. The smallest absolute Gasteiger partial charge is 0.255 e. The molecule has 7 nitrogen and oxygen atoms in total. The second-order valence-electron chi connectivity index (χ2n) is 7.03. The summed E-state index contributed by atoms with van der Waals surface area (Å²) in [7, 11) is 1.75. The average Bonchev–Trinajstić information content (AvgIpc) is 3.04. The standard InChI is InChI=1S/C21H20FN3O4/c1-23-13-5-6-16(22)12(9-13)11-29-18-4-2-3-14-15(18)10-25(21(14)28)17-7-8-19(26)24-20(17)27/h2-6,9,17,23H,7-8,10-11H2,1H3,(H,24,26,27)/t17-/m0/s1. The van der Waals surface area contributed by atoms with Crippen molar-refractivity contribution >= 4 is 23.4 Å². The van der Waals surface area contributed by atoms with Gasteiger partial charge in [0.05, 0.1) is 6.54 Å². The Labute approximate surface area is 166 Å². The molecule has 0 spiro atoms. The van der Waals surface area contributed by atoms with Crippen LogP contribution in [-0.4, -0.2) is 35.7 Å². The van der Waals surface area contributed by atoms with Crippen LogP contribution >= 0.6 is 0 Å². The van der Waals surface area contributed by atoms with Gasteiger partial charge in [-0.05, 0) is 36.8 Å². The van der Waals surface area contributed by atoms with Crippen LogP contribution in [0.15, 0.2) is 36.4 Å². The number of carbonyl (C=O) groups excluding carboxylic acids is 3. The van der Waals surface area contributed by atoms with Crippen LogP contribution in [0.3, 0.4) is 0 Å². The summed E-state index contributed by atoms with van der Waals surface area (Å²) in [6, 6.07) is 9.08. The molecule has 2 heterocycles. The minimum atomic E-state index is -0.690. The maximum Gasteiger partial charge on any atom is 0.255 e. The minimum absolute atomic E-state index is 0.00438. The Balaban J connectivity index is 1.54. The highest BCUT2D eigenvalue weighted by Crippen LogP contribution is 2.34. The van der Waals surface area contributed by atoms with Gasteiger partial charge in [0.2, 0.25) is 11.8 Å². The third-order valence-electron chi connectivity index (χ3n) is 5.26. The fraction of sp³-hybridized carbons (Fsp3) is 0.286. The van der Waals surface area contributed by atoms with E-state index in [0.29, 0.717) is 28.9 Å². The maximum absolute atomic E-state index is 14.1. The topological polar surface area (TPSA) is 87.7 Å². The molecule has 2 aliphatic heterocycles. The number of halogens is 1. The Bertz CT molecular complexity index is 1010. The van der Waals surface area contributed by atoms with E-state index in [1.54, 1.807) is 37.4 Å². The zero-order valence-corrected chi connectivity index (χ0v) is 15.8. The summed E-state index contributed by atoms with van der Waals surface area (Å²) in [5, 5.41) is 5.24. The fourth-order valence-electron chi connectivity index (χ4n) is 3.69. The molecule has 0 aliphatic carbocycles. The quantitative estimate of drug-likeness (QED) is 0.756. The van der Waals surface area contributed by atoms with Gasteiger partial charge in [-0.25, -0.2) is 4.39 Å². The van der Waals surface area contributed by atoms with Gasteiger partial charge < -0.3 is 15.0 Å². The third kappa shape index (κ3) is 3.53. The van der Waals surface area contributed by atoms with Crippen molar-refractivity contribution in [3.8, 4) is 5.75 Å². The number of amides is 3. The molecule has 150 valence electrons. The van der Waals surface area contributed by atoms with Crippen molar-refractivity contribution in [2.45, 2.75) is 32.0 Å². The first kappa shape index (κ1) is 18.9. The summed E-state index contributed by atoms with van der Waals surface area (Å²) in [6.45, 7) is 0.208. The molecule has 2 aromatic carbocycles. The lowest BCUT2D eigenvalue weighted by Gasteiger charge is -2.29. The van der Waals surface area contributed by atoms with E-state index in [1.807, 2.05) is 0 Å². The number of anilines is 1. The average molecular weight is 397 g/mol. The predicted octanol–water partition coefficient (Wildman–Crippen LogP) is 2.21. The molecule has 3 amide bonds. The Morgan fingerprint density at radius 1 is 1.24 bits per heavy atom. The molecule has 0 aromatic heterocycles. The van der Waals surface area contributed by atoms with Crippen molar-refractivity contribution in [3.05, 3.63) is 58.9 Å². The van der Waals surface area contributed by atoms with Crippen LogP contribution in [0.25, 0.3) is 0 Å². The number of fused-ring (bicyclic) bond motifs is 1. The van der Waals surface area contributed by atoms with Crippen LogP contribution < -0.4 is 15.4 Å². The third-order valence-corrected chi connectivity index (χ3v) is 5.26. The van der Waals surface area contributed by atoms with Crippen molar-refractivity contribution in [3.63, 3.8) is 0 Å². The van der Waals surface area contributed by atoms with Crippen LogP contribution in [0.5, 0.6) is 5.75 Å². The minimum Gasteiger partial charge on any atom is -0.488 e. The van der Waals surface area contributed by atoms with E-state index in [2.05, 4.69) is 10.6 Å². The number of piperidine rings is 1. The predicted molar refractivity (Wildman–Crippen MR) is 103 cm³/mol. The van der Waals surface area contributed by atoms with Crippen molar-refractivity contribution in [2.75, 3.05) is 12.4 Å². The van der Waals surface area contributed by atoms with E-state index in [9.17, 15) is 18.8 Å². The first-order chi connectivity index (χ1) is 14.0. The lowest BCUT2D eigenvalue weighted by molar-refractivity contribution is -0.136. The first-order valence-electron chi connectivity index (χ1n) is 9.33. The van der Waals surface area contributed by atoms with Crippen molar-refractivity contribution in [1.29, 1.82) is 0 Å². The Morgan fingerprint density at radius 3 is 2.83 bits per heavy atom. The van der Waals surface area contributed by atoms with Crippen molar-refractivity contribution < 1.29 is 23.5 Å². The molecule has 8 heteroatoms. The second-order valence-corrected chi connectivity index (χ2v) is 7.03. The number of hydrogen-bond acceptors (Lipinski definition) is 5. The molecule has 2 aliphatic rings. The van der Waals surface area contributed by atoms with Crippen LogP contribution in [0.1, 0.15) is 34.3 Å². The van der Waals surface area contributed by atoms with Gasteiger partial charge in [0, 0.05) is 35.8 Å². The molecule has 1 atom stereocenters. The van der Waals surface area contributed by atoms with Crippen molar-refractivity contribution in [1.82, 2.24) is 10.2 Å². The van der Waals surface area contributed by atoms with Crippen molar-refractivity contribution in [2.24, 2.45) is 0 Å². The summed E-state index contributed by atoms with van der Waals surface area (Å²) in [5.74, 6) is -0.970. The number of ether oxygens (including phenoxy) is 1. The van der Waals surface area contributed by atoms with E-state index < -0.39 is 11.9 Å². The van der Waals surface area contributed by atoms with Gasteiger partial charge in [0.25, 0.3) is 5.91 Å². The Hall–Kier alpha value is -3.42. The lowest BCUT2D eigenvalue weighted by atomic mass is 10.0. The number of rotatable bonds is 5. The molecule has 2 N–H and O–H groups in total. The normalized spacial score (nSPS) is 18.5. The highest BCUT2D eigenvalue weighted by atomic mass is 19.1. The molecule has 29 heavy (non-hydrogen) atoms. The molecular weight excluding hydrogens is 377 g/mol. The number of hydrogen-bond donors (Lipinski definition) is 2. The van der Waals surface area contributed by atoms with Gasteiger partial charge in [-0.15, -0.1) is 0 Å². The summed E-state index contributed by atoms with van der Waals surface area (Å²) in [5.41, 5.74) is 2.27. The SMILES string of the molecule is CNc1ccc(F)c(COc2cccc3c2CN([C@H]2CCC(=O)NC2=O)C3=O)c1. The van der Waals surface area contributed by atoms with Crippen LogP contribution in [0.4, 0.5) is 10.1 Å².